The normalized spacial score (nSPS) is 16.8. The lowest BCUT2D eigenvalue weighted by molar-refractivity contribution is 0.143. The number of aryl methyl sites for hydroxylation is 1. The first-order valence-corrected chi connectivity index (χ1v) is 8.90. The monoisotopic (exact) mass is 328 g/mol. The van der Waals surface area contributed by atoms with Crippen LogP contribution >= 0.6 is 0 Å². The van der Waals surface area contributed by atoms with Crippen molar-refractivity contribution in [1.29, 1.82) is 0 Å². The van der Waals surface area contributed by atoms with Gasteiger partial charge < -0.3 is 9.47 Å². The Morgan fingerprint density at radius 1 is 1.17 bits per heavy atom. The number of hydrogen-bond donors (Lipinski definition) is 0. The van der Waals surface area contributed by atoms with Crippen molar-refractivity contribution in [2.24, 2.45) is 0 Å². The first kappa shape index (κ1) is 16.9. The van der Waals surface area contributed by atoms with Gasteiger partial charge in [0.15, 0.2) is 6.10 Å². The molecule has 1 atom stereocenters. The fourth-order valence-corrected chi connectivity index (χ4v) is 3.18. The summed E-state index contributed by atoms with van der Waals surface area (Å²) < 4.78 is 14.1. The fraction of sp³-hybridized carbons (Fsp3) is 0.550. The molecule has 2 aromatic rings. The van der Waals surface area contributed by atoms with E-state index in [0.29, 0.717) is 6.61 Å². The Balaban J connectivity index is 1.60. The van der Waals surface area contributed by atoms with E-state index in [9.17, 15) is 0 Å². The van der Waals surface area contributed by atoms with Gasteiger partial charge in [0.2, 0.25) is 0 Å². The molecule has 3 rings (SSSR count). The fourth-order valence-electron chi connectivity index (χ4n) is 3.18. The molecule has 0 spiro atoms. The van der Waals surface area contributed by atoms with Gasteiger partial charge in [-0.2, -0.15) is 0 Å². The van der Waals surface area contributed by atoms with Crippen molar-refractivity contribution < 1.29 is 9.47 Å². The summed E-state index contributed by atoms with van der Waals surface area (Å²) in [5.74, 6) is 0.890. The highest BCUT2D eigenvalue weighted by molar-refractivity contribution is 5.31. The van der Waals surface area contributed by atoms with Crippen LogP contribution in [0.5, 0.6) is 11.8 Å². The first-order chi connectivity index (χ1) is 11.4. The average Bonchev–Trinajstić information content (AvgIpc) is 3.08. The van der Waals surface area contributed by atoms with E-state index in [1.165, 1.54) is 11.3 Å². The lowest BCUT2D eigenvalue weighted by atomic mass is 9.87. The molecule has 0 fully saturated rings. The standard InChI is InChI=1S/C20H28N2O2/c1-6-17-18(7-2)22-12-16(24-19(22)21-17)13-23-15-10-8-14(9-11-15)20(3,4)5/h8-11,16H,6-7,12-13H2,1-5H3/t16-/m0/s1. The molecule has 4 heteroatoms. The van der Waals surface area contributed by atoms with Gasteiger partial charge in [-0.1, -0.05) is 46.8 Å². The summed E-state index contributed by atoms with van der Waals surface area (Å²) in [6.45, 7) is 12.3. The van der Waals surface area contributed by atoms with Crippen LogP contribution in [0.4, 0.5) is 0 Å². The van der Waals surface area contributed by atoms with Gasteiger partial charge in [-0.15, -0.1) is 0 Å². The van der Waals surface area contributed by atoms with Crippen molar-refractivity contribution in [3.05, 3.63) is 41.2 Å². The van der Waals surface area contributed by atoms with Crippen LogP contribution in [0.25, 0.3) is 0 Å². The van der Waals surface area contributed by atoms with Gasteiger partial charge in [-0.3, -0.25) is 4.57 Å². The van der Waals surface area contributed by atoms with Crippen LogP contribution in [-0.4, -0.2) is 22.3 Å². The Kier molecular flexibility index (Phi) is 4.57. The second-order valence-corrected chi connectivity index (χ2v) is 7.43. The molecule has 1 aromatic carbocycles. The Morgan fingerprint density at radius 2 is 1.88 bits per heavy atom. The highest BCUT2D eigenvalue weighted by Crippen LogP contribution is 2.28. The van der Waals surface area contributed by atoms with Gasteiger partial charge in [-0.25, -0.2) is 4.98 Å². The van der Waals surface area contributed by atoms with Crippen molar-refractivity contribution in [3.63, 3.8) is 0 Å². The van der Waals surface area contributed by atoms with E-state index in [0.717, 1.165) is 36.8 Å². The summed E-state index contributed by atoms with van der Waals surface area (Å²) in [6, 6.07) is 9.11. The summed E-state index contributed by atoms with van der Waals surface area (Å²) in [7, 11) is 0. The number of imidazole rings is 1. The molecule has 1 aliphatic rings. The van der Waals surface area contributed by atoms with Crippen LogP contribution in [0, 0.1) is 0 Å². The van der Waals surface area contributed by atoms with Crippen LogP contribution < -0.4 is 9.47 Å². The molecular formula is C20H28N2O2. The third-order valence-corrected chi connectivity index (χ3v) is 4.60. The molecule has 0 amide bonds. The van der Waals surface area contributed by atoms with E-state index >= 15 is 0 Å². The number of benzene rings is 1. The largest absolute Gasteiger partial charge is 0.490 e. The highest BCUT2D eigenvalue weighted by atomic mass is 16.6. The lowest BCUT2D eigenvalue weighted by Crippen LogP contribution is -2.24. The molecule has 0 saturated carbocycles. The zero-order valence-corrected chi connectivity index (χ0v) is 15.4. The SMILES string of the molecule is CCc1nc2n(c1CC)C[C@@H](COc1ccc(C(C)(C)C)cc1)O2. The van der Waals surface area contributed by atoms with Gasteiger partial charge in [0.1, 0.15) is 12.4 Å². The molecule has 0 saturated heterocycles. The van der Waals surface area contributed by atoms with Crippen LogP contribution in [0.1, 0.15) is 51.6 Å². The van der Waals surface area contributed by atoms with Crippen LogP contribution in [0.3, 0.4) is 0 Å². The first-order valence-electron chi connectivity index (χ1n) is 8.90. The highest BCUT2D eigenvalue weighted by Gasteiger charge is 2.28. The number of aromatic nitrogens is 2. The van der Waals surface area contributed by atoms with Gasteiger partial charge in [-0.05, 0) is 36.0 Å². The van der Waals surface area contributed by atoms with Crippen LogP contribution in [0.2, 0.25) is 0 Å². The minimum atomic E-state index is 0.0333. The third kappa shape index (κ3) is 3.28. The minimum absolute atomic E-state index is 0.0333. The Hall–Kier alpha value is -1.97. The number of nitrogens with zero attached hydrogens (tertiary/aromatic N) is 2. The maximum Gasteiger partial charge on any atom is 0.297 e. The molecule has 2 heterocycles. The molecule has 130 valence electrons. The smallest absolute Gasteiger partial charge is 0.297 e. The number of ether oxygens (including phenoxy) is 2. The zero-order chi connectivity index (χ0) is 17.3. The van der Waals surface area contributed by atoms with Crippen molar-refractivity contribution in [2.45, 2.75) is 65.5 Å². The zero-order valence-electron chi connectivity index (χ0n) is 15.4. The van der Waals surface area contributed by atoms with Crippen molar-refractivity contribution >= 4 is 0 Å². The van der Waals surface area contributed by atoms with E-state index in [-0.39, 0.29) is 11.5 Å². The maximum absolute atomic E-state index is 5.96. The van der Waals surface area contributed by atoms with Crippen LogP contribution in [-0.2, 0) is 24.8 Å². The van der Waals surface area contributed by atoms with E-state index < -0.39 is 0 Å². The predicted octanol–water partition coefficient (Wildman–Crippen LogP) is 4.15. The summed E-state index contributed by atoms with van der Waals surface area (Å²) in [5.41, 5.74) is 3.93. The maximum atomic E-state index is 5.96. The molecule has 0 N–H and O–H groups in total. The molecular weight excluding hydrogens is 300 g/mol. The topological polar surface area (TPSA) is 36.3 Å². The van der Waals surface area contributed by atoms with Crippen LogP contribution in [0.15, 0.2) is 24.3 Å². The molecule has 0 aliphatic carbocycles. The van der Waals surface area contributed by atoms with Gasteiger partial charge in [0, 0.05) is 5.69 Å². The quantitative estimate of drug-likeness (QED) is 0.827. The Morgan fingerprint density at radius 3 is 2.46 bits per heavy atom. The predicted molar refractivity (Wildman–Crippen MR) is 96.0 cm³/mol. The van der Waals surface area contributed by atoms with E-state index in [4.69, 9.17) is 9.47 Å². The van der Waals surface area contributed by atoms with Crippen molar-refractivity contribution in [1.82, 2.24) is 9.55 Å². The molecule has 1 aliphatic heterocycles. The van der Waals surface area contributed by atoms with Crippen molar-refractivity contribution in [2.75, 3.05) is 6.61 Å². The van der Waals surface area contributed by atoms with E-state index in [2.05, 4.69) is 56.3 Å². The molecule has 0 radical (unpaired) electrons. The minimum Gasteiger partial charge on any atom is -0.490 e. The number of fused-ring (bicyclic) bond motifs is 1. The summed E-state index contributed by atoms with van der Waals surface area (Å²) >= 11 is 0. The number of rotatable bonds is 5. The summed E-state index contributed by atoms with van der Waals surface area (Å²) in [5, 5.41) is 0. The van der Waals surface area contributed by atoms with E-state index in [1.807, 2.05) is 12.1 Å². The van der Waals surface area contributed by atoms with E-state index in [1.54, 1.807) is 0 Å². The molecule has 0 bridgehead atoms. The molecule has 24 heavy (non-hydrogen) atoms. The Labute approximate surface area is 144 Å². The second kappa shape index (κ2) is 6.50. The second-order valence-electron chi connectivity index (χ2n) is 7.43. The molecule has 0 unspecified atom stereocenters. The lowest BCUT2D eigenvalue weighted by Gasteiger charge is -2.19. The summed E-state index contributed by atoms with van der Waals surface area (Å²) in [6.07, 6.45) is 1.97. The van der Waals surface area contributed by atoms with Gasteiger partial charge >= 0.3 is 0 Å². The third-order valence-electron chi connectivity index (χ3n) is 4.60. The number of hydrogen-bond acceptors (Lipinski definition) is 3. The Bertz CT molecular complexity index is 696. The molecule has 4 nitrogen and oxygen atoms in total. The van der Waals surface area contributed by atoms with Gasteiger partial charge in [0.25, 0.3) is 6.01 Å². The van der Waals surface area contributed by atoms with Gasteiger partial charge in [0.05, 0.1) is 12.2 Å². The van der Waals surface area contributed by atoms with Crippen molar-refractivity contribution in [3.8, 4) is 11.8 Å². The summed E-state index contributed by atoms with van der Waals surface area (Å²) in [4.78, 5) is 4.61. The average molecular weight is 328 g/mol. The molecule has 1 aromatic heterocycles.